The summed E-state index contributed by atoms with van der Waals surface area (Å²) in [6.45, 7) is 7.10. The molecule has 2 aliphatic heterocycles. The molecule has 2 N–H and O–H groups in total. The van der Waals surface area contributed by atoms with Crippen LogP contribution in [0.2, 0.25) is 5.02 Å². The van der Waals surface area contributed by atoms with Crippen molar-refractivity contribution >= 4 is 47.4 Å². The number of anilines is 1. The van der Waals surface area contributed by atoms with Crippen LogP contribution in [0.5, 0.6) is 0 Å². The van der Waals surface area contributed by atoms with E-state index in [9.17, 15) is 13.2 Å². The SMILES string of the molecule is CCNC(=NCC1CCN(C)CC1)NC1CCN(c2ncc(C(F)(F)F)cc2Cl)C1.I. The molecule has 0 radical (unpaired) electrons. The van der Waals surface area contributed by atoms with E-state index in [1.165, 1.54) is 0 Å². The zero-order valence-electron chi connectivity index (χ0n) is 17.9. The molecule has 1 atom stereocenters. The Morgan fingerprint density at radius 2 is 1.97 bits per heavy atom. The lowest BCUT2D eigenvalue weighted by molar-refractivity contribution is -0.137. The van der Waals surface area contributed by atoms with Crippen molar-refractivity contribution in [1.82, 2.24) is 20.5 Å². The number of piperidine rings is 1. The Labute approximate surface area is 204 Å². The van der Waals surface area contributed by atoms with Gasteiger partial charge >= 0.3 is 6.18 Å². The summed E-state index contributed by atoms with van der Waals surface area (Å²) in [7, 11) is 2.15. The summed E-state index contributed by atoms with van der Waals surface area (Å²) in [6.07, 6.45) is -0.453. The molecule has 1 aromatic heterocycles. The van der Waals surface area contributed by atoms with E-state index in [0.29, 0.717) is 24.8 Å². The van der Waals surface area contributed by atoms with E-state index in [-0.39, 0.29) is 35.0 Å². The predicted molar refractivity (Wildman–Crippen MR) is 130 cm³/mol. The van der Waals surface area contributed by atoms with E-state index in [1.807, 2.05) is 11.8 Å². The molecular weight excluding hydrogens is 544 g/mol. The summed E-state index contributed by atoms with van der Waals surface area (Å²) in [4.78, 5) is 13.0. The number of aliphatic imine (C=N–C) groups is 1. The van der Waals surface area contributed by atoms with E-state index >= 15 is 0 Å². The molecule has 0 aromatic carbocycles. The first-order valence-electron chi connectivity index (χ1n) is 10.5. The molecule has 3 rings (SSSR count). The number of nitrogens with zero attached hydrogens (tertiary/aromatic N) is 4. The zero-order chi connectivity index (χ0) is 21.7. The maximum Gasteiger partial charge on any atom is 0.417 e. The Bertz CT molecular complexity index is 740. The Morgan fingerprint density at radius 1 is 1.26 bits per heavy atom. The molecule has 0 saturated carbocycles. The number of rotatable bonds is 5. The third kappa shape index (κ3) is 7.52. The summed E-state index contributed by atoms with van der Waals surface area (Å²) in [6, 6.07) is 1.07. The van der Waals surface area contributed by atoms with Gasteiger partial charge in [-0.2, -0.15) is 13.2 Å². The second-order valence-corrected chi connectivity index (χ2v) is 8.48. The summed E-state index contributed by atoms with van der Waals surface area (Å²) in [5.41, 5.74) is -0.833. The summed E-state index contributed by atoms with van der Waals surface area (Å²) in [5.74, 6) is 1.78. The smallest absolute Gasteiger partial charge is 0.357 e. The minimum Gasteiger partial charge on any atom is -0.357 e. The van der Waals surface area contributed by atoms with Crippen molar-refractivity contribution < 1.29 is 13.2 Å². The lowest BCUT2D eigenvalue weighted by Crippen LogP contribution is -2.45. The van der Waals surface area contributed by atoms with Crippen LogP contribution in [0.15, 0.2) is 17.3 Å². The fourth-order valence-corrected chi connectivity index (χ4v) is 4.15. The van der Waals surface area contributed by atoms with Crippen LogP contribution in [0, 0.1) is 5.92 Å². The molecule has 0 amide bonds. The average molecular weight is 575 g/mol. The van der Waals surface area contributed by atoms with E-state index < -0.39 is 11.7 Å². The quantitative estimate of drug-likeness (QED) is 0.318. The molecule has 3 heterocycles. The molecular formula is C20H31ClF3IN6. The molecule has 31 heavy (non-hydrogen) atoms. The van der Waals surface area contributed by atoms with Gasteiger partial charge in [0.1, 0.15) is 5.82 Å². The lowest BCUT2D eigenvalue weighted by atomic mass is 9.97. The van der Waals surface area contributed by atoms with Crippen molar-refractivity contribution in [2.45, 2.75) is 38.4 Å². The van der Waals surface area contributed by atoms with Crippen LogP contribution in [0.25, 0.3) is 0 Å². The van der Waals surface area contributed by atoms with Gasteiger partial charge in [0, 0.05) is 38.4 Å². The third-order valence-corrected chi connectivity index (χ3v) is 5.95. The fourth-order valence-electron chi connectivity index (χ4n) is 3.87. The van der Waals surface area contributed by atoms with Crippen LogP contribution in [-0.4, -0.2) is 68.2 Å². The van der Waals surface area contributed by atoms with Gasteiger partial charge < -0.3 is 20.4 Å². The van der Waals surface area contributed by atoms with E-state index in [0.717, 1.165) is 63.7 Å². The average Bonchev–Trinajstić information content (AvgIpc) is 3.15. The first-order chi connectivity index (χ1) is 14.3. The molecule has 2 aliphatic rings. The summed E-state index contributed by atoms with van der Waals surface area (Å²) in [5, 5.41) is 6.77. The third-order valence-electron chi connectivity index (χ3n) is 5.67. The summed E-state index contributed by atoms with van der Waals surface area (Å²) < 4.78 is 38.5. The Balaban J connectivity index is 0.00000341. The van der Waals surface area contributed by atoms with Crippen LogP contribution in [0.3, 0.4) is 0 Å². The van der Waals surface area contributed by atoms with Crippen molar-refractivity contribution in [2.75, 3.05) is 51.2 Å². The highest BCUT2D eigenvalue weighted by Crippen LogP contribution is 2.34. The molecule has 2 fully saturated rings. The molecule has 11 heteroatoms. The van der Waals surface area contributed by atoms with Gasteiger partial charge in [-0.05, 0) is 58.3 Å². The Hall–Kier alpha value is -1.01. The highest BCUT2D eigenvalue weighted by Gasteiger charge is 2.33. The Kier molecular flexibility index (Phi) is 9.94. The topological polar surface area (TPSA) is 55.8 Å². The highest BCUT2D eigenvalue weighted by molar-refractivity contribution is 14.0. The second-order valence-electron chi connectivity index (χ2n) is 8.07. The van der Waals surface area contributed by atoms with Gasteiger partial charge in [0.2, 0.25) is 0 Å². The first kappa shape index (κ1) is 26.2. The number of hydrogen-bond acceptors (Lipinski definition) is 4. The number of guanidine groups is 1. The molecule has 6 nitrogen and oxygen atoms in total. The van der Waals surface area contributed by atoms with Gasteiger partial charge in [0.15, 0.2) is 5.96 Å². The van der Waals surface area contributed by atoms with E-state index in [1.54, 1.807) is 0 Å². The minimum absolute atomic E-state index is 0. The molecule has 1 unspecified atom stereocenters. The lowest BCUT2D eigenvalue weighted by Gasteiger charge is -2.28. The maximum absolute atomic E-state index is 12.8. The van der Waals surface area contributed by atoms with Gasteiger partial charge in [0.05, 0.1) is 10.6 Å². The van der Waals surface area contributed by atoms with Crippen LogP contribution in [-0.2, 0) is 6.18 Å². The molecule has 0 aliphatic carbocycles. The summed E-state index contributed by atoms with van der Waals surface area (Å²) >= 11 is 6.10. The van der Waals surface area contributed by atoms with Gasteiger partial charge in [-0.15, -0.1) is 24.0 Å². The van der Waals surface area contributed by atoms with Crippen molar-refractivity contribution in [3.8, 4) is 0 Å². The number of likely N-dealkylation sites (tertiary alicyclic amines) is 1. The number of nitrogens with one attached hydrogen (secondary N) is 2. The second kappa shape index (κ2) is 11.7. The predicted octanol–water partition coefficient (Wildman–Crippen LogP) is 3.85. The van der Waals surface area contributed by atoms with Gasteiger partial charge in [-0.25, -0.2) is 4.98 Å². The molecule has 2 saturated heterocycles. The highest BCUT2D eigenvalue weighted by atomic mass is 127. The van der Waals surface area contributed by atoms with E-state index in [4.69, 9.17) is 16.6 Å². The van der Waals surface area contributed by atoms with Crippen LogP contribution in [0.1, 0.15) is 31.7 Å². The number of aromatic nitrogens is 1. The number of hydrogen-bond donors (Lipinski definition) is 2. The normalized spacial score (nSPS) is 21.2. The van der Waals surface area contributed by atoms with Gasteiger partial charge in [0.25, 0.3) is 0 Å². The maximum atomic E-state index is 12.8. The number of halogens is 5. The number of alkyl halides is 3. The standard InChI is InChI=1S/C20H30ClF3N6.HI/c1-3-25-19(27-11-14-4-7-29(2)8-5-14)28-16-6-9-30(13-16)18-17(21)10-15(12-26-18)20(22,23)24;/h10,12,14,16H,3-9,11,13H2,1-2H3,(H2,25,27,28);1H. The van der Waals surface area contributed by atoms with Crippen LogP contribution < -0.4 is 15.5 Å². The fraction of sp³-hybridized carbons (Fsp3) is 0.700. The molecule has 176 valence electrons. The van der Waals surface area contributed by atoms with Crippen molar-refractivity contribution in [1.29, 1.82) is 0 Å². The number of pyridine rings is 1. The largest absolute Gasteiger partial charge is 0.417 e. The van der Waals surface area contributed by atoms with Crippen molar-refractivity contribution in [3.63, 3.8) is 0 Å². The zero-order valence-corrected chi connectivity index (χ0v) is 21.0. The van der Waals surface area contributed by atoms with Gasteiger partial charge in [-0.3, -0.25) is 4.99 Å². The minimum atomic E-state index is -4.45. The van der Waals surface area contributed by atoms with Crippen molar-refractivity contribution in [2.24, 2.45) is 10.9 Å². The molecule has 0 spiro atoms. The van der Waals surface area contributed by atoms with Crippen LogP contribution in [0.4, 0.5) is 19.0 Å². The molecule has 0 bridgehead atoms. The van der Waals surface area contributed by atoms with Crippen molar-refractivity contribution in [3.05, 3.63) is 22.8 Å². The van der Waals surface area contributed by atoms with Crippen LogP contribution >= 0.6 is 35.6 Å². The monoisotopic (exact) mass is 574 g/mol. The van der Waals surface area contributed by atoms with E-state index in [2.05, 4.69) is 27.6 Å². The van der Waals surface area contributed by atoms with Gasteiger partial charge in [-0.1, -0.05) is 11.6 Å². The molecule has 1 aromatic rings. The first-order valence-corrected chi connectivity index (χ1v) is 10.8. The Morgan fingerprint density at radius 3 is 2.58 bits per heavy atom.